The number of hydrogen-bond donors (Lipinski definition) is 2. The smallest absolute Gasteiger partial charge is 0.187 e. The predicted octanol–water partition coefficient (Wildman–Crippen LogP) is 2.33. The molecule has 1 saturated heterocycles. The summed E-state index contributed by atoms with van der Waals surface area (Å²) in [5.74, 6) is 0. The molecule has 0 saturated carbocycles. The van der Waals surface area contributed by atoms with E-state index in [1.807, 2.05) is 31.2 Å². The van der Waals surface area contributed by atoms with Gasteiger partial charge in [0.05, 0.1) is 24.9 Å². The number of pyridine rings is 1. The summed E-state index contributed by atoms with van der Waals surface area (Å²) in [7, 11) is 0. The molecule has 0 unspecified atom stereocenters. The number of morpholine rings is 1. The van der Waals surface area contributed by atoms with Crippen LogP contribution in [0.4, 0.5) is 0 Å². The number of rotatable bonds is 5. The molecule has 8 heteroatoms. The molecule has 6 nitrogen and oxygen atoms in total. The van der Waals surface area contributed by atoms with E-state index in [1.54, 1.807) is 6.21 Å². The summed E-state index contributed by atoms with van der Waals surface area (Å²) in [6.45, 7) is 7.25. The van der Waals surface area contributed by atoms with Crippen LogP contribution in [-0.4, -0.2) is 60.6 Å². The van der Waals surface area contributed by atoms with Gasteiger partial charge in [-0.15, -0.1) is 0 Å². The predicted molar refractivity (Wildman–Crippen MR) is 110 cm³/mol. The third kappa shape index (κ3) is 5.35. The van der Waals surface area contributed by atoms with Gasteiger partial charge in [-0.25, -0.2) is 4.98 Å². The van der Waals surface area contributed by atoms with E-state index in [2.05, 4.69) is 25.7 Å². The minimum Gasteiger partial charge on any atom is -0.379 e. The fourth-order valence-electron chi connectivity index (χ4n) is 2.71. The molecule has 0 spiro atoms. The van der Waals surface area contributed by atoms with Crippen molar-refractivity contribution >= 4 is 46.0 Å². The molecule has 0 bridgehead atoms. The molecule has 0 atom stereocenters. The highest BCUT2D eigenvalue weighted by Gasteiger charge is 2.09. The monoisotopic (exact) mass is 391 g/mol. The van der Waals surface area contributed by atoms with Crippen LogP contribution in [0.2, 0.25) is 5.15 Å². The highest BCUT2D eigenvalue weighted by Crippen LogP contribution is 2.20. The van der Waals surface area contributed by atoms with Crippen LogP contribution >= 0.6 is 23.8 Å². The van der Waals surface area contributed by atoms with Crippen LogP contribution < -0.4 is 10.7 Å². The zero-order valence-electron chi connectivity index (χ0n) is 14.7. The molecular formula is C18H22ClN5OS. The minimum atomic E-state index is 0.417. The van der Waals surface area contributed by atoms with Crippen LogP contribution in [0.3, 0.4) is 0 Å². The topological polar surface area (TPSA) is 61.8 Å². The molecule has 0 amide bonds. The normalized spacial score (nSPS) is 15.5. The van der Waals surface area contributed by atoms with E-state index in [0.29, 0.717) is 10.3 Å². The number of hydrazone groups is 1. The summed E-state index contributed by atoms with van der Waals surface area (Å²) in [5, 5.41) is 9.22. The molecule has 1 aliphatic rings. The van der Waals surface area contributed by atoms with E-state index in [0.717, 1.165) is 61.4 Å². The number of ether oxygens (including phenoxy) is 1. The Labute approximate surface area is 163 Å². The number of halogens is 1. The summed E-state index contributed by atoms with van der Waals surface area (Å²) >= 11 is 11.5. The van der Waals surface area contributed by atoms with Crippen molar-refractivity contribution in [3.05, 3.63) is 40.5 Å². The molecule has 2 aromatic rings. The molecule has 0 radical (unpaired) electrons. The first-order valence-corrected chi connectivity index (χ1v) is 9.34. The second-order valence-corrected chi connectivity index (χ2v) is 6.91. The molecule has 26 heavy (non-hydrogen) atoms. The molecule has 1 aromatic carbocycles. The SMILES string of the molecule is Cc1ccc2cc(/C=N\NC(=S)NCCN3CCOCC3)c(Cl)nc2c1. The van der Waals surface area contributed by atoms with E-state index >= 15 is 0 Å². The molecule has 138 valence electrons. The van der Waals surface area contributed by atoms with Crippen molar-refractivity contribution in [2.75, 3.05) is 39.4 Å². The number of nitrogens with one attached hydrogen (secondary N) is 2. The molecular weight excluding hydrogens is 370 g/mol. The summed E-state index contributed by atoms with van der Waals surface area (Å²) in [6, 6.07) is 8.04. The first kappa shape index (κ1) is 19.0. The highest BCUT2D eigenvalue weighted by atomic mass is 35.5. The molecule has 1 aromatic heterocycles. The molecule has 1 fully saturated rings. The second-order valence-electron chi connectivity index (χ2n) is 6.14. The van der Waals surface area contributed by atoms with Gasteiger partial charge < -0.3 is 10.1 Å². The number of aromatic nitrogens is 1. The number of nitrogens with zero attached hydrogens (tertiary/aromatic N) is 3. The van der Waals surface area contributed by atoms with Gasteiger partial charge in [0.2, 0.25) is 0 Å². The Kier molecular flexibility index (Phi) is 6.73. The molecule has 3 rings (SSSR count). The summed E-state index contributed by atoms with van der Waals surface area (Å²) in [5.41, 5.74) is 5.58. The van der Waals surface area contributed by atoms with Gasteiger partial charge in [0.15, 0.2) is 5.11 Å². The van der Waals surface area contributed by atoms with E-state index in [-0.39, 0.29) is 0 Å². The maximum absolute atomic E-state index is 6.25. The largest absolute Gasteiger partial charge is 0.379 e. The van der Waals surface area contributed by atoms with Crippen molar-refractivity contribution in [2.45, 2.75) is 6.92 Å². The third-order valence-electron chi connectivity index (χ3n) is 4.14. The lowest BCUT2D eigenvalue weighted by Gasteiger charge is -2.26. The van der Waals surface area contributed by atoms with Crippen LogP contribution in [-0.2, 0) is 4.74 Å². The zero-order chi connectivity index (χ0) is 18.4. The maximum atomic E-state index is 6.25. The third-order valence-corrected chi connectivity index (χ3v) is 4.68. The lowest BCUT2D eigenvalue weighted by Crippen LogP contribution is -2.42. The van der Waals surface area contributed by atoms with Crippen molar-refractivity contribution in [2.24, 2.45) is 5.10 Å². The molecule has 1 aliphatic heterocycles. The minimum absolute atomic E-state index is 0.417. The average molecular weight is 392 g/mol. The first-order chi connectivity index (χ1) is 12.6. The van der Waals surface area contributed by atoms with Crippen LogP contribution in [0.15, 0.2) is 29.4 Å². The van der Waals surface area contributed by atoms with Gasteiger partial charge in [0, 0.05) is 37.1 Å². The molecule has 2 N–H and O–H groups in total. The molecule has 2 heterocycles. The van der Waals surface area contributed by atoms with Crippen LogP contribution in [0.5, 0.6) is 0 Å². The average Bonchev–Trinajstić information content (AvgIpc) is 2.63. The van der Waals surface area contributed by atoms with Crippen molar-refractivity contribution in [1.29, 1.82) is 0 Å². The summed E-state index contributed by atoms with van der Waals surface area (Å²) < 4.78 is 5.33. The standard InChI is InChI=1S/C18H22ClN5OS/c1-13-2-3-14-11-15(17(19)22-16(14)10-13)12-21-23-18(26)20-4-5-24-6-8-25-9-7-24/h2-3,10-12H,4-9H2,1H3,(H2,20,23,26)/b21-12-. The van der Waals surface area contributed by atoms with E-state index in [1.165, 1.54) is 0 Å². The zero-order valence-corrected chi connectivity index (χ0v) is 16.2. The van der Waals surface area contributed by atoms with Gasteiger partial charge in [-0.1, -0.05) is 23.7 Å². The van der Waals surface area contributed by atoms with Gasteiger partial charge >= 0.3 is 0 Å². The fraction of sp³-hybridized carbons (Fsp3) is 0.389. The fourth-order valence-corrected chi connectivity index (χ4v) is 3.06. The second kappa shape index (κ2) is 9.23. The van der Waals surface area contributed by atoms with Gasteiger partial charge in [-0.2, -0.15) is 5.10 Å². The van der Waals surface area contributed by atoms with Crippen molar-refractivity contribution in [3.8, 4) is 0 Å². The van der Waals surface area contributed by atoms with E-state index in [9.17, 15) is 0 Å². The number of benzene rings is 1. The Morgan fingerprint density at radius 3 is 3.00 bits per heavy atom. The van der Waals surface area contributed by atoms with Crippen LogP contribution in [0, 0.1) is 6.92 Å². The Morgan fingerprint density at radius 1 is 1.38 bits per heavy atom. The van der Waals surface area contributed by atoms with Gasteiger partial charge in [0.25, 0.3) is 0 Å². The summed E-state index contributed by atoms with van der Waals surface area (Å²) in [6.07, 6.45) is 1.63. The van der Waals surface area contributed by atoms with Gasteiger partial charge in [-0.3, -0.25) is 10.3 Å². The first-order valence-electron chi connectivity index (χ1n) is 8.56. The van der Waals surface area contributed by atoms with Crippen molar-refractivity contribution in [3.63, 3.8) is 0 Å². The Hall–Kier alpha value is -1.80. The van der Waals surface area contributed by atoms with Crippen molar-refractivity contribution < 1.29 is 4.74 Å². The number of aryl methyl sites for hydroxylation is 1. The Bertz CT molecular complexity index is 808. The van der Waals surface area contributed by atoms with Gasteiger partial charge in [0.1, 0.15) is 5.15 Å². The number of fused-ring (bicyclic) bond motifs is 1. The number of hydrogen-bond acceptors (Lipinski definition) is 5. The lowest BCUT2D eigenvalue weighted by atomic mass is 10.1. The van der Waals surface area contributed by atoms with E-state index < -0.39 is 0 Å². The lowest BCUT2D eigenvalue weighted by molar-refractivity contribution is 0.0389. The van der Waals surface area contributed by atoms with Crippen LogP contribution in [0.25, 0.3) is 10.9 Å². The quantitative estimate of drug-likeness (QED) is 0.353. The van der Waals surface area contributed by atoms with Gasteiger partial charge in [-0.05, 0) is 36.8 Å². The highest BCUT2D eigenvalue weighted by molar-refractivity contribution is 7.80. The van der Waals surface area contributed by atoms with E-state index in [4.69, 9.17) is 28.6 Å². The number of thiocarbonyl (C=S) groups is 1. The van der Waals surface area contributed by atoms with Crippen LogP contribution in [0.1, 0.15) is 11.1 Å². The van der Waals surface area contributed by atoms with Crippen molar-refractivity contribution in [1.82, 2.24) is 20.6 Å². The Morgan fingerprint density at radius 2 is 2.19 bits per heavy atom. The summed E-state index contributed by atoms with van der Waals surface area (Å²) in [4.78, 5) is 6.76. The Balaban J connectivity index is 1.49. The molecule has 0 aliphatic carbocycles. The maximum Gasteiger partial charge on any atom is 0.187 e.